The van der Waals surface area contributed by atoms with Crippen LogP contribution >= 0.6 is 24.0 Å². The van der Waals surface area contributed by atoms with Crippen LogP contribution in [0.1, 0.15) is 32.3 Å². The average Bonchev–Trinajstić information content (AvgIpc) is 2.99. The summed E-state index contributed by atoms with van der Waals surface area (Å²) in [4.78, 5) is 18.5. The van der Waals surface area contributed by atoms with Gasteiger partial charge in [-0.3, -0.25) is 9.79 Å². The first-order valence-corrected chi connectivity index (χ1v) is 8.93. The largest absolute Gasteiger partial charge is 0.469 e. The van der Waals surface area contributed by atoms with Gasteiger partial charge in [0.05, 0.1) is 13.0 Å². The summed E-state index contributed by atoms with van der Waals surface area (Å²) in [6, 6.07) is 3.61. The van der Waals surface area contributed by atoms with E-state index < -0.39 is 11.6 Å². The summed E-state index contributed by atoms with van der Waals surface area (Å²) in [7, 11) is 1.40. The summed E-state index contributed by atoms with van der Waals surface area (Å²) in [6.45, 7) is 8.12. The quantitative estimate of drug-likeness (QED) is 0.295. The van der Waals surface area contributed by atoms with Crippen molar-refractivity contribution in [2.45, 2.75) is 26.7 Å². The third-order valence-corrected chi connectivity index (χ3v) is 4.76. The second kappa shape index (κ2) is 10.8. The lowest BCUT2D eigenvalue weighted by Crippen LogP contribution is -2.41. The van der Waals surface area contributed by atoms with Crippen LogP contribution in [0, 0.1) is 23.5 Å². The maximum atomic E-state index is 13.9. The van der Waals surface area contributed by atoms with Crippen molar-refractivity contribution in [1.29, 1.82) is 0 Å². The van der Waals surface area contributed by atoms with Crippen molar-refractivity contribution in [2.75, 3.05) is 33.3 Å². The second-order valence-corrected chi connectivity index (χ2v) is 6.77. The van der Waals surface area contributed by atoms with E-state index in [0.29, 0.717) is 37.7 Å². The van der Waals surface area contributed by atoms with Gasteiger partial charge in [-0.05, 0) is 24.5 Å². The Labute approximate surface area is 176 Å². The zero-order valence-electron chi connectivity index (χ0n) is 16.2. The molecule has 0 bridgehead atoms. The van der Waals surface area contributed by atoms with Gasteiger partial charge in [0.1, 0.15) is 11.6 Å². The van der Waals surface area contributed by atoms with Crippen LogP contribution in [-0.4, -0.2) is 50.1 Å². The Hall–Kier alpha value is -1.45. The number of ether oxygens (including phenoxy) is 1. The third-order valence-electron chi connectivity index (χ3n) is 4.76. The summed E-state index contributed by atoms with van der Waals surface area (Å²) in [6.07, 6.45) is 0. The highest BCUT2D eigenvalue weighted by atomic mass is 127. The van der Waals surface area contributed by atoms with Crippen LogP contribution in [-0.2, 0) is 9.53 Å². The number of aliphatic imine (C=N–C) groups is 1. The molecule has 8 heteroatoms. The first-order valence-electron chi connectivity index (χ1n) is 8.93. The van der Waals surface area contributed by atoms with Crippen molar-refractivity contribution in [3.63, 3.8) is 0 Å². The number of halogens is 3. The van der Waals surface area contributed by atoms with Crippen molar-refractivity contribution >= 4 is 35.9 Å². The van der Waals surface area contributed by atoms with Crippen LogP contribution in [0.25, 0.3) is 0 Å². The Kier molecular flexibility index (Phi) is 9.41. The normalized spacial score (nSPS) is 20.8. The Morgan fingerprint density at radius 1 is 1.41 bits per heavy atom. The minimum Gasteiger partial charge on any atom is -0.469 e. The Morgan fingerprint density at radius 3 is 2.70 bits per heavy atom. The minimum atomic E-state index is -0.588. The molecule has 1 N–H and O–H groups in total. The van der Waals surface area contributed by atoms with Gasteiger partial charge in [0, 0.05) is 38.2 Å². The topological polar surface area (TPSA) is 53.9 Å². The molecule has 0 amide bonds. The number of nitrogens with zero attached hydrogens (tertiary/aromatic N) is 2. The number of hydrogen-bond acceptors (Lipinski definition) is 3. The third kappa shape index (κ3) is 6.02. The van der Waals surface area contributed by atoms with E-state index in [1.54, 1.807) is 0 Å². The van der Waals surface area contributed by atoms with Crippen LogP contribution in [0.2, 0.25) is 0 Å². The van der Waals surface area contributed by atoms with Gasteiger partial charge in [0.2, 0.25) is 0 Å². The first kappa shape index (κ1) is 23.6. The molecule has 3 unspecified atom stereocenters. The van der Waals surface area contributed by atoms with Crippen molar-refractivity contribution in [2.24, 2.45) is 16.8 Å². The molecule has 2 rings (SSSR count). The van der Waals surface area contributed by atoms with Gasteiger partial charge in [0.15, 0.2) is 5.96 Å². The molecule has 5 nitrogen and oxygen atoms in total. The zero-order chi connectivity index (χ0) is 19.3. The van der Waals surface area contributed by atoms with Crippen molar-refractivity contribution in [1.82, 2.24) is 10.2 Å². The fourth-order valence-electron chi connectivity index (χ4n) is 3.25. The van der Waals surface area contributed by atoms with Gasteiger partial charge in [-0.15, -0.1) is 24.0 Å². The number of carbonyl (C=O) groups excluding carboxylic acids is 1. The van der Waals surface area contributed by atoms with E-state index in [-0.39, 0.29) is 47.7 Å². The van der Waals surface area contributed by atoms with Crippen LogP contribution < -0.4 is 5.32 Å². The smallest absolute Gasteiger partial charge is 0.310 e. The molecule has 27 heavy (non-hydrogen) atoms. The van der Waals surface area contributed by atoms with E-state index in [2.05, 4.69) is 10.3 Å². The van der Waals surface area contributed by atoms with E-state index >= 15 is 0 Å². The number of rotatable bonds is 5. The number of nitrogens with one attached hydrogen (secondary N) is 1. The van der Waals surface area contributed by atoms with E-state index in [4.69, 9.17) is 4.74 Å². The van der Waals surface area contributed by atoms with Crippen molar-refractivity contribution in [3.8, 4) is 0 Å². The molecule has 1 saturated heterocycles. The molecule has 0 saturated carbocycles. The van der Waals surface area contributed by atoms with Gasteiger partial charge in [-0.25, -0.2) is 8.78 Å². The molecule has 1 heterocycles. The lowest BCUT2D eigenvalue weighted by Gasteiger charge is -2.22. The van der Waals surface area contributed by atoms with Crippen LogP contribution in [0.5, 0.6) is 0 Å². The highest BCUT2D eigenvalue weighted by Crippen LogP contribution is 2.25. The van der Waals surface area contributed by atoms with E-state index in [1.165, 1.54) is 19.2 Å². The Bertz CT molecular complexity index is 672. The lowest BCUT2D eigenvalue weighted by molar-refractivity contribution is -0.145. The molecule has 1 aliphatic heterocycles. The van der Waals surface area contributed by atoms with E-state index in [9.17, 15) is 13.6 Å². The average molecular weight is 495 g/mol. The van der Waals surface area contributed by atoms with E-state index in [1.807, 2.05) is 25.7 Å². The SMILES string of the molecule is CCNC(=NCC(C)c1ccc(F)cc1F)N1CC(C)C(C(=O)OC)C1.I. The highest BCUT2D eigenvalue weighted by Gasteiger charge is 2.36. The van der Waals surface area contributed by atoms with E-state index in [0.717, 1.165) is 6.07 Å². The maximum absolute atomic E-state index is 13.9. The Morgan fingerprint density at radius 2 is 2.11 bits per heavy atom. The molecule has 152 valence electrons. The molecule has 0 radical (unpaired) electrons. The maximum Gasteiger partial charge on any atom is 0.310 e. The minimum absolute atomic E-state index is 0. The van der Waals surface area contributed by atoms with Crippen LogP contribution in [0.3, 0.4) is 0 Å². The summed E-state index contributed by atoms with van der Waals surface area (Å²) >= 11 is 0. The monoisotopic (exact) mass is 495 g/mol. The molecular weight excluding hydrogens is 467 g/mol. The molecule has 1 aromatic carbocycles. The van der Waals surface area contributed by atoms with Crippen LogP contribution in [0.4, 0.5) is 8.78 Å². The molecule has 1 fully saturated rings. The number of carbonyl (C=O) groups is 1. The molecule has 3 atom stereocenters. The number of esters is 1. The van der Waals surface area contributed by atoms with Gasteiger partial charge >= 0.3 is 5.97 Å². The molecule has 1 aromatic rings. The molecule has 0 aliphatic carbocycles. The Balaban J connectivity index is 0.00000364. The van der Waals surface area contributed by atoms with Gasteiger partial charge in [-0.2, -0.15) is 0 Å². The number of guanidine groups is 1. The summed E-state index contributed by atoms with van der Waals surface area (Å²) < 4.78 is 31.9. The zero-order valence-corrected chi connectivity index (χ0v) is 18.5. The molecular formula is C19H28F2IN3O2. The van der Waals surface area contributed by atoms with Gasteiger partial charge in [-0.1, -0.05) is 19.9 Å². The summed E-state index contributed by atoms with van der Waals surface area (Å²) in [5, 5.41) is 3.22. The van der Waals surface area contributed by atoms with Gasteiger partial charge < -0.3 is 15.0 Å². The first-order chi connectivity index (χ1) is 12.4. The van der Waals surface area contributed by atoms with Crippen molar-refractivity contribution < 1.29 is 18.3 Å². The fraction of sp³-hybridized carbons (Fsp3) is 0.579. The highest BCUT2D eigenvalue weighted by molar-refractivity contribution is 14.0. The fourth-order valence-corrected chi connectivity index (χ4v) is 3.25. The number of likely N-dealkylation sites (tertiary alicyclic amines) is 1. The molecule has 0 aromatic heterocycles. The summed E-state index contributed by atoms with van der Waals surface area (Å²) in [5.41, 5.74) is 0.438. The predicted octanol–water partition coefficient (Wildman–Crippen LogP) is 3.39. The van der Waals surface area contributed by atoms with Crippen LogP contribution in [0.15, 0.2) is 23.2 Å². The number of methoxy groups -OCH3 is 1. The number of benzene rings is 1. The second-order valence-electron chi connectivity index (χ2n) is 6.77. The molecule has 0 spiro atoms. The standard InChI is InChI=1S/C19H27F2N3O2.HI/c1-5-22-19(24-10-13(3)16(11-24)18(25)26-4)23-9-12(2)15-7-6-14(20)8-17(15)21;/h6-8,12-13,16H,5,9-11H2,1-4H3,(H,22,23);1H. The summed E-state index contributed by atoms with van der Waals surface area (Å²) in [5.74, 6) is -0.874. The number of hydrogen-bond donors (Lipinski definition) is 1. The lowest BCUT2D eigenvalue weighted by atomic mass is 9.99. The molecule has 1 aliphatic rings. The van der Waals surface area contributed by atoms with Crippen molar-refractivity contribution in [3.05, 3.63) is 35.4 Å². The predicted molar refractivity (Wildman–Crippen MR) is 112 cm³/mol. The van der Waals surface area contributed by atoms with Gasteiger partial charge in [0.25, 0.3) is 0 Å².